The maximum atomic E-state index is 11.4. The van der Waals surface area contributed by atoms with Crippen LogP contribution >= 0.6 is 0 Å². The Balaban J connectivity index is 1.35. The van der Waals surface area contributed by atoms with Crippen LogP contribution in [0.4, 0.5) is 11.8 Å². The number of aromatic amines is 3. The summed E-state index contributed by atoms with van der Waals surface area (Å²) in [6, 6.07) is 11.9. The third-order valence-corrected chi connectivity index (χ3v) is 4.64. The molecule has 1 saturated heterocycles. The topological polar surface area (TPSA) is 96.7 Å². The van der Waals surface area contributed by atoms with E-state index in [4.69, 9.17) is 0 Å². The number of benzene rings is 1. The molecule has 3 aromatic heterocycles. The smallest absolute Gasteiger partial charge is 0.325 e. The predicted octanol–water partition coefficient (Wildman–Crippen LogP) is 1.45. The van der Waals surface area contributed by atoms with Gasteiger partial charge < -0.3 is 19.8 Å². The number of para-hydroxylation sites is 2. The van der Waals surface area contributed by atoms with Crippen molar-refractivity contribution in [2.75, 3.05) is 36.0 Å². The van der Waals surface area contributed by atoms with Crippen molar-refractivity contribution in [3.63, 3.8) is 0 Å². The summed E-state index contributed by atoms with van der Waals surface area (Å²) >= 11 is 0. The summed E-state index contributed by atoms with van der Waals surface area (Å²) in [6.07, 6.45) is 0. The molecule has 0 aliphatic carbocycles. The van der Waals surface area contributed by atoms with Crippen LogP contribution in [0.3, 0.4) is 0 Å². The Hall–Kier alpha value is -3.29. The molecular formula is C17H17N7O. The summed E-state index contributed by atoms with van der Waals surface area (Å²) < 4.78 is 0. The molecule has 3 N–H and O–H groups in total. The molecule has 0 atom stereocenters. The summed E-state index contributed by atoms with van der Waals surface area (Å²) in [5.74, 6) is 1.80. The van der Waals surface area contributed by atoms with Gasteiger partial charge in [-0.3, -0.25) is 4.98 Å². The number of nitrogens with zero attached hydrogens (tertiary/aromatic N) is 4. The van der Waals surface area contributed by atoms with Crippen molar-refractivity contribution in [3.8, 4) is 0 Å². The van der Waals surface area contributed by atoms with E-state index in [1.54, 1.807) is 0 Å². The number of pyridine rings is 1. The molecule has 0 unspecified atom stereocenters. The Morgan fingerprint density at radius 2 is 1.60 bits per heavy atom. The van der Waals surface area contributed by atoms with Crippen LogP contribution in [0.25, 0.3) is 22.2 Å². The Bertz CT molecular complexity index is 1070. The number of piperazine rings is 1. The third-order valence-electron chi connectivity index (χ3n) is 4.64. The average Bonchev–Trinajstić information content (AvgIpc) is 3.23. The first-order valence-corrected chi connectivity index (χ1v) is 8.30. The third kappa shape index (κ3) is 2.42. The van der Waals surface area contributed by atoms with Gasteiger partial charge in [-0.2, -0.15) is 0 Å². The summed E-state index contributed by atoms with van der Waals surface area (Å²) in [5.41, 5.74) is 3.15. The number of H-pyrrole nitrogens is 3. The van der Waals surface area contributed by atoms with Gasteiger partial charge in [0.1, 0.15) is 5.82 Å². The summed E-state index contributed by atoms with van der Waals surface area (Å²) in [6.45, 7) is 3.43. The van der Waals surface area contributed by atoms with Crippen LogP contribution in [0.2, 0.25) is 0 Å². The number of fused-ring (bicyclic) bond motifs is 2. The molecule has 4 heterocycles. The first kappa shape index (κ1) is 14.1. The molecule has 25 heavy (non-hydrogen) atoms. The SMILES string of the molecule is O=c1[nH]c2ccc(N3CCN(c4nc5ccccc5[nH]4)CC3)nc2[nH]1. The number of rotatable bonds is 2. The van der Waals surface area contributed by atoms with E-state index in [2.05, 4.69) is 34.7 Å². The molecular weight excluding hydrogens is 318 g/mol. The van der Waals surface area contributed by atoms with Crippen molar-refractivity contribution in [1.29, 1.82) is 0 Å². The Labute approximate surface area is 142 Å². The fourth-order valence-corrected chi connectivity index (χ4v) is 3.32. The molecule has 0 radical (unpaired) electrons. The highest BCUT2D eigenvalue weighted by atomic mass is 16.1. The second-order valence-electron chi connectivity index (χ2n) is 6.20. The van der Waals surface area contributed by atoms with Crippen molar-refractivity contribution < 1.29 is 0 Å². The molecule has 0 bridgehead atoms. The predicted molar refractivity (Wildman–Crippen MR) is 97.2 cm³/mol. The van der Waals surface area contributed by atoms with E-state index in [9.17, 15) is 4.79 Å². The Kier molecular flexibility index (Phi) is 3.03. The van der Waals surface area contributed by atoms with Gasteiger partial charge in [0, 0.05) is 26.2 Å². The molecule has 5 rings (SSSR count). The monoisotopic (exact) mass is 335 g/mol. The second-order valence-corrected chi connectivity index (χ2v) is 6.20. The van der Waals surface area contributed by atoms with Gasteiger partial charge >= 0.3 is 5.69 Å². The lowest BCUT2D eigenvalue weighted by atomic mass is 10.3. The lowest BCUT2D eigenvalue weighted by Crippen LogP contribution is -2.47. The Morgan fingerprint density at radius 3 is 2.44 bits per heavy atom. The molecule has 0 amide bonds. The van der Waals surface area contributed by atoms with Crippen molar-refractivity contribution in [3.05, 3.63) is 46.9 Å². The molecule has 0 spiro atoms. The second kappa shape index (κ2) is 5.37. The molecule has 1 aromatic carbocycles. The fourth-order valence-electron chi connectivity index (χ4n) is 3.32. The molecule has 1 aliphatic heterocycles. The van der Waals surface area contributed by atoms with E-state index >= 15 is 0 Å². The summed E-state index contributed by atoms with van der Waals surface area (Å²) in [4.78, 5) is 33.9. The zero-order chi connectivity index (χ0) is 16.8. The molecule has 1 aliphatic rings. The van der Waals surface area contributed by atoms with E-state index in [0.717, 1.165) is 54.5 Å². The van der Waals surface area contributed by atoms with Crippen LogP contribution in [0.15, 0.2) is 41.2 Å². The van der Waals surface area contributed by atoms with E-state index in [1.807, 2.05) is 36.4 Å². The highest BCUT2D eigenvalue weighted by molar-refractivity contribution is 5.77. The number of hydrogen-bond donors (Lipinski definition) is 3. The minimum Gasteiger partial charge on any atom is -0.353 e. The van der Waals surface area contributed by atoms with Crippen LogP contribution < -0.4 is 15.5 Å². The molecule has 8 nitrogen and oxygen atoms in total. The van der Waals surface area contributed by atoms with Gasteiger partial charge in [-0.15, -0.1) is 0 Å². The highest BCUT2D eigenvalue weighted by Crippen LogP contribution is 2.21. The standard InChI is InChI=1S/C17H17N7O/c25-17-20-13-5-6-14(21-15(13)22-17)23-7-9-24(10-8-23)16-18-11-3-1-2-4-12(11)19-16/h1-6H,7-10H2,(H,18,19)(H2,20,21,22,25). The van der Waals surface area contributed by atoms with Gasteiger partial charge in [0.15, 0.2) is 5.65 Å². The first-order chi connectivity index (χ1) is 12.3. The molecule has 1 fully saturated rings. The number of aromatic nitrogens is 5. The van der Waals surface area contributed by atoms with Crippen molar-refractivity contribution in [1.82, 2.24) is 24.9 Å². The summed E-state index contributed by atoms with van der Waals surface area (Å²) in [7, 11) is 0. The number of hydrogen-bond acceptors (Lipinski definition) is 5. The largest absolute Gasteiger partial charge is 0.353 e. The zero-order valence-corrected chi connectivity index (χ0v) is 13.5. The average molecular weight is 335 g/mol. The zero-order valence-electron chi connectivity index (χ0n) is 13.5. The minimum atomic E-state index is -0.227. The number of imidazole rings is 2. The van der Waals surface area contributed by atoms with Gasteiger partial charge in [-0.05, 0) is 24.3 Å². The van der Waals surface area contributed by atoms with Crippen LogP contribution in [-0.2, 0) is 0 Å². The highest BCUT2D eigenvalue weighted by Gasteiger charge is 2.20. The van der Waals surface area contributed by atoms with E-state index in [-0.39, 0.29) is 5.69 Å². The van der Waals surface area contributed by atoms with Gasteiger partial charge in [0.05, 0.1) is 16.6 Å². The number of nitrogens with one attached hydrogen (secondary N) is 3. The lowest BCUT2D eigenvalue weighted by molar-refractivity contribution is 0.638. The Morgan fingerprint density at radius 1 is 0.800 bits per heavy atom. The maximum Gasteiger partial charge on any atom is 0.325 e. The van der Waals surface area contributed by atoms with Crippen LogP contribution in [0.5, 0.6) is 0 Å². The molecule has 4 aromatic rings. The fraction of sp³-hybridized carbons (Fsp3) is 0.235. The normalized spacial score (nSPS) is 15.4. The van der Waals surface area contributed by atoms with E-state index in [0.29, 0.717) is 5.65 Å². The minimum absolute atomic E-state index is 0.227. The van der Waals surface area contributed by atoms with E-state index in [1.165, 1.54) is 0 Å². The quantitative estimate of drug-likeness (QED) is 0.515. The van der Waals surface area contributed by atoms with Crippen LogP contribution in [0.1, 0.15) is 0 Å². The van der Waals surface area contributed by atoms with Gasteiger partial charge in [0.2, 0.25) is 5.95 Å². The van der Waals surface area contributed by atoms with Gasteiger partial charge in [-0.25, -0.2) is 14.8 Å². The summed E-state index contributed by atoms with van der Waals surface area (Å²) in [5, 5.41) is 0. The van der Waals surface area contributed by atoms with Gasteiger partial charge in [-0.1, -0.05) is 12.1 Å². The van der Waals surface area contributed by atoms with Crippen molar-refractivity contribution >= 4 is 34.0 Å². The van der Waals surface area contributed by atoms with E-state index < -0.39 is 0 Å². The van der Waals surface area contributed by atoms with Crippen molar-refractivity contribution in [2.24, 2.45) is 0 Å². The molecule has 126 valence electrons. The van der Waals surface area contributed by atoms with Gasteiger partial charge in [0.25, 0.3) is 0 Å². The van der Waals surface area contributed by atoms with Crippen molar-refractivity contribution in [2.45, 2.75) is 0 Å². The lowest BCUT2D eigenvalue weighted by Gasteiger charge is -2.35. The molecule has 0 saturated carbocycles. The maximum absolute atomic E-state index is 11.4. The first-order valence-electron chi connectivity index (χ1n) is 8.30. The molecule has 8 heteroatoms. The van der Waals surface area contributed by atoms with Crippen LogP contribution in [0, 0.1) is 0 Å². The van der Waals surface area contributed by atoms with Crippen LogP contribution in [-0.4, -0.2) is 51.1 Å². The number of anilines is 2.